The normalized spacial score (nSPS) is 8.91. The molecule has 0 aliphatic rings. The maximum Gasteiger partial charge on any atom is 0.325 e. The van der Waals surface area contributed by atoms with Gasteiger partial charge in [0.2, 0.25) is 0 Å². The Morgan fingerprint density at radius 2 is 2.27 bits per heavy atom. The molecule has 0 rings (SSSR count). The van der Waals surface area contributed by atoms with E-state index in [4.69, 9.17) is 0 Å². The van der Waals surface area contributed by atoms with Crippen LogP contribution in [0.25, 0.3) is 0 Å². The third-order valence-corrected chi connectivity index (χ3v) is 1.61. The molecule has 0 N–H and O–H groups in total. The molecule has 3 nitrogen and oxygen atoms in total. The fourth-order valence-electron chi connectivity index (χ4n) is 0.465. The van der Waals surface area contributed by atoms with E-state index in [1.165, 1.54) is 4.90 Å². The summed E-state index contributed by atoms with van der Waals surface area (Å²) in [7, 11) is 1.66. The molecule has 0 aliphatic carbocycles. The van der Waals surface area contributed by atoms with Crippen LogP contribution < -0.4 is 0 Å². The average Bonchev–Trinajstić information content (AvgIpc) is 1.87. The minimum atomic E-state index is -0.304. The zero-order valence-electron chi connectivity index (χ0n) is 6.49. The number of carbonyl (C=O) groups excluding carboxylic acids is 1. The molecule has 0 saturated carbocycles. The Morgan fingerprint density at radius 1 is 1.73 bits per heavy atom. The van der Waals surface area contributed by atoms with E-state index in [2.05, 4.69) is 29.6 Å². The van der Waals surface area contributed by atoms with Gasteiger partial charge in [-0.15, -0.1) is 0 Å². The van der Waals surface area contributed by atoms with E-state index in [-0.39, 0.29) is 16.8 Å². The summed E-state index contributed by atoms with van der Waals surface area (Å²) < 4.78 is 4.95. The first-order valence-corrected chi connectivity index (χ1v) is 3.97. The maximum absolute atomic E-state index is 10.8. The van der Waals surface area contributed by atoms with E-state index in [0.717, 1.165) is 0 Å². The standard InChI is InChI=1S/C6H11NO2S2/c1-3-9-5(8)4-7(2)6(10)11/h3-4H2,1-2H3,(H,10,11)/p-1. The highest BCUT2D eigenvalue weighted by molar-refractivity contribution is 8.00. The van der Waals surface area contributed by atoms with Gasteiger partial charge in [0.25, 0.3) is 0 Å². The molecule has 0 bridgehead atoms. The molecular weight excluding hydrogens is 182 g/mol. The fourth-order valence-corrected chi connectivity index (χ4v) is 0.594. The van der Waals surface area contributed by atoms with Crippen molar-refractivity contribution in [3.05, 3.63) is 0 Å². The SMILES string of the molecule is CCOC(=O)CN(C)C(=S)[S-]. The number of thiocarbonyl (C=S) groups is 1. The number of carbonyl (C=O) groups is 1. The van der Waals surface area contributed by atoms with Crippen molar-refractivity contribution < 1.29 is 9.53 Å². The van der Waals surface area contributed by atoms with E-state index >= 15 is 0 Å². The van der Waals surface area contributed by atoms with Crippen LogP contribution in [-0.2, 0) is 22.2 Å². The Labute approximate surface area is 77.1 Å². The minimum absolute atomic E-state index is 0.135. The molecule has 0 saturated heterocycles. The van der Waals surface area contributed by atoms with Crippen molar-refractivity contribution in [3.8, 4) is 0 Å². The van der Waals surface area contributed by atoms with Gasteiger partial charge in [0, 0.05) is 7.05 Å². The predicted molar refractivity (Wildman–Crippen MR) is 49.2 cm³/mol. The molecule has 0 aliphatic heterocycles. The summed E-state index contributed by atoms with van der Waals surface area (Å²) in [5.41, 5.74) is 0. The van der Waals surface area contributed by atoms with Crippen LogP contribution in [0, 0.1) is 0 Å². The molecule has 0 amide bonds. The highest BCUT2D eigenvalue weighted by Gasteiger charge is 2.03. The fraction of sp³-hybridized carbons (Fsp3) is 0.667. The second-order valence-electron chi connectivity index (χ2n) is 1.93. The lowest BCUT2D eigenvalue weighted by atomic mass is 10.6. The van der Waals surface area contributed by atoms with Crippen LogP contribution in [0.3, 0.4) is 0 Å². The molecule has 0 radical (unpaired) electrons. The maximum atomic E-state index is 10.8. The number of ether oxygens (including phenoxy) is 1. The van der Waals surface area contributed by atoms with E-state index in [1.807, 2.05) is 0 Å². The summed E-state index contributed by atoms with van der Waals surface area (Å²) in [4.78, 5) is 12.3. The average molecular weight is 192 g/mol. The smallest absolute Gasteiger partial charge is 0.325 e. The summed E-state index contributed by atoms with van der Waals surface area (Å²) in [6.45, 7) is 2.27. The second kappa shape index (κ2) is 5.26. The molecule has 64 valence electrons. The van der Waals surface area contributed by atoms with Gasteiger partial charge in [0.1, 0.15) is 6.54 Å². The van der Waals surface area contributed by atoms with E-state index in [9.17, 15) is 4.79 Å². The molecule has 0 aromatic carbocycles. The van der Waals surface area contributed by atoms with Crippen molar-refractivity contribution in [3.63, 3.8) is 0 Å². The third-order valence-electron chi connectivity index (χ3n) is 0.983. The number of rotatable bonds is 3. The molecule has 0 fully saturated rings. The van der Waals surface area contributed by atoms with Crippen molar-refractivity contribution in [2.24, 2.45) is 0 Å². The van der Waals surface area contributed by atoms with Crippen molar-refractivity contribution in [1.82, 2.24) is 4.90 Å². The van der Waals surface area contributed by atoms with Crippen molar-refractivity contribution in [1.29, 1.82) is 0 Å². The van der Waals surface area contributed by atoms with E-state index < -0.39 is 0 Å². The molecule has 0 aromatic rings. The summed E-state index contributed by atoms with van der Waals surface area (Å²) in [6.07, 6.45) is 0. The van der Waals surface area contributed by atoms with Gasteiger partial charge >= 0.3 is 5.97 Å². The first-order valence-electron chi connectivity index (χ1n) is 3.15. The Hall–Kier alpha value is -0.420. The lowest BCUT2D eigenvalue weighted by Crippen LogP contribution is -2.30. The van der Waals surface area contributed by atoms with Gasteiger partial charge in [-0.25, -0.2) is 0 Å². The van der Waals surface area contributed by atoms with Gasteiger partial charge < -0.3 is 34.5 Å². The monoisotopic (exact) mass is 192 g/mol. The van der Waals surface area contributed by atoms with Gasteiger partial charge in [0.15, 0.2) is 0 Å². The minimum Gasteiger partial charge on any atom is -0.465 e. The van der Waals surface area contributed by atoms with Crippen molar-refractivity contribution in [2.45, 2.75) is 6.92 Å². The van der Waals surface area contributed by atoms with Gasteiger partial charge in [-0.2, -0.15) is 0 Å². The van der Waals surface area contributed by atoms with Crippen LogP contribution in [0.5, 0.6) is 0 Å². The molecule has 11 heavy (non-hydrogen) atoms. The third kappa shape index (κ3) is 4.92. The Morgan fingerprint density at radius 3 is 2.64 bits per heavy atom. The van der Waals surface area contributed by atoms with E-state index in [0.29, 0.717) is 6.61 Å². The van der Waals surface area contributed by atoms with Crippen LogP contribution in [0.2, 0.25) is 0 Å². The first-order chi connectivity index (χ1) is 5.07. The molecule has 0 heterocycles. The van der Waals surface area contributed by atoms with E-state index in [1.54, 1.807) is 14.0 Å². The molecular formula is C6H10NO2S2-. The highest BCUT2D eigenvalue weighted by atomic mass is 32.1. The molecule has 0 spiro atoms. The molecule has 5 heteroatoms. The lowest BCUT2D eigenvalue weighted by Gasteiger charge is -2.21. The highest BCUT2D eigenvalue weighted by Crippen LogP contribution is 1.87. The van der Waals surface area contributed by atoms with Crippen LogP contribution in [0.15, 0.2) is 0 Å². The number of esters is 1. The van der Waals surface area contributed by atoms with Crippen LogP contribution >= 0.6 is 12.2 Å². The molecule has 0 aromatic heterocycles. The summed E-state index contributed by atoms with van der Waals surface area (Å²) >= 11 is 9.31. The quantitative estimate of drug-likeness (QED) is 0.365. The Bertz CT molecular complexity index is 161. The second-order valence-corrected chi connectivity index (χ2v) is 2.96. The predicted octanol–water partition coefficient (Wildman–Crippen LogP) is 0.313. The Kier molecular flexibility index (Phi) is 5.06. The summed E-state index contributed by atoms with van der Waals surface area (Å²) in [5.74, 6) is -0.304. The zero-order chi connectivity index (χ0) is 8.85. The van der Waals surface area contributed by atoms with Crippen molar-refractivity contribution >= 4 is 35.1 Å². The summed E-state index contributed by atoms with van der Waals surface area (Å²) in [6, 6.07) is 0. The number of nitrogens with zero attached hydrogens (tertiary/aromatic N) is 1. The number of hydrogen-bond donors (Lipinski definition) is 0. The van der Waals surface area contributed by atoms with Gasteiger partial charge in [0.05, 0.1) is 6.61 Å². The molecule has 0 atom stereocenters. The van der Waals surface area contributed by atoms with Gasteiger partial charge in [-0.3, -0.25) is 4.79 Å². The number of hydrogen-bond acceptors (Lipinski definition) is 4. The Balaban J connectivity index is 3.66. The zero-order valence-corrected chi connectivity index (χ0v) is 8.13. The van der Waals surface area contributed by atoms with Crippen LogP contribution in [0.1, 0.15) is 6.92 Å². The number of likely N-dealkylation sites (N-methyl/N-ethyl adjacent to an activating group) is 1. The van der Waals surface area contributed by atoms with Crippen LogP contribution in [0.4, 0.5) is 0 Å². The largest absolute Gasteiger partial charge is 0.465 e. The van der Waals surface area contributed by atoms with Crippen LogP contribution in [-0.4, -0.2) is 35.4 Å². The first kappa shape index (κ1) is 10.6. The van der Waals surface area contributed by atoms with Crippen molar-refractivity contribution in [2.75, 3.05) is 20.2 Å². The van der Waals surface area contributed by atoms with Gasteiger partial charge in [-0.05, 0) is 6.92 Å². The topological polar surface area (TPSA) is 29.5 Å². The molecule has 0 unspecified atom stereocenters. The van der Waals surface area contributed by atoms with Gasteiger partial charge in [-0.1, -0.05) is 4.32 Å². The lowest BCUT2D eigenvalue weighted by molar-refractivity contribution is -0.143. The summed E-state index contributed by atoms with van der Waals surface area (Å²) in [5, 5.41) is 0.